The zero-order valence-electron chi connectivity index (χ0n) is 15.9. The summed E-state index contributed by atoms with van der Waals surface area (Å²) in [6.07, 6.45) is 9.82. The number of thioether (sulfide) groups is 1. The van der Waals surface area contributed by atoms with E-state index in [0.29, 0.717) is 24.9 Å². The van der Waals surface area contributed by atoms with Crippen molar-refractivity contribution in [2.45, 2.75) is 82.6 Å². The number of carbonyl (C=O) groups excluding carboxylic acids is 1. The molecule has 0 aromatic heterocycles. The van der Waals surface area contributed by atoms with E-state index < -0.39 is 7.37 Å². The van der Waals surface area contributed by atoms with E-state index in [1.165, 1.54) is 6.66 Å². The van der Waals surface area contributed by atoms with Crippen LogP contribution in [0.5, 0.6) is 0 Å². The molecule has 1 saturated heterocycles. The van der Waals surface area contributed by atoms with Crippen molar-refractivity contribution in [3.8, 4) is 0 Å². The van der Waals surface area contributed by atoms with Crippen LogP contribution in [0.1, 0.15) is 71.1 Å². The van der Waals surface area contributed by atoms with Gasteiger partial charge in [0.2, 0.25) is 5.91 Å². The first-order valence-electron chi connectivity index (χ1n) is 9.72. The van der Waals surface area contributed by atoms with Crippen LogP contribution in [0.25, 0.3) is 0 Å². The number of amides is 1. The molecule has 3 atom stereocenters. The van der Waals surface area contributed by atoms with Gasteiger partial charge in [-0.25, -0.2) is 0 Å². The molecule has 1 heterocycles. The Morgan fingerprint density at radius 1 is 1.19 bits per heavy atom. The van der Waals surface area contributed by atoms with Crippen LogP contribution in [-0.2, 0) is 9.36 Å². The van der Waals surface area contributed by atoms with E-state index in [1.54, 1.807) is 11.8 Å². The van der Waals surface area contributed by atoms with Crippen molar-refractivity contribution < 1.29 is 19.4 Å². The van der Waals surface area contributed by atoms with Crippen LogP contribution in [0.4, 0.5) is 0 Å². The molecule has 2 N–H and O–H groups in total. The summed E-state index contributed by atoms with van der Waals surface area (Å²) in [5, 5.41) is 10.3. The molecule has 1 fully saturated rings. The second kappa shape index (κ2) is 14.9. The number of hydrogen-bond acceptors (Lipinski definition) is 4. The van der Waals surface area contributed by atoms with Gasteiger partial charge in [0.25, 0.3) is 0 Å². The molecule has 0 radical (unpaired) electrons. The molecular formula is C18H37NNaO4PS. The fourth-order valence-electron chi connectivity index (χ4n) is 3.15. The van der Waals surface area contributed by atoms with Crippen molar-refractivity contribution >= 4 is 54.6 Å². The van der Waals surface area contributed by atoms with E-state index in [4.69, 9.17) is 0 Å². The maximum absolute atomic E-state index is 12.1. The first-order chi connectivity index (χ1) is 11.8. The van der Waals surface area contributed by atoms with Gasteiger partial charge in [0.15, 0.2) is 7.37 Å². The van der Waals surface area contributed by atoms with Crippen molar-refractivity contribution in [2.75, 3.05) is 25.1 Å². The predicted octanol–water partition coefficient (Wildman–Crippen LogP) is 3.42. The van der Waals surface area contributed by atoms with Gasteiger partial charge in [-0.15, -0.1) is 11.8 Å². The number of carbonyl (C=O) groups is 1. The van der Waals surface area contributed by atoms with Gasteiger partial charge in [-0.2, -0.15) is 0 Å². The molecule has 0 bridgehead atoms. The monoisotopic (exact) mass is 417 g/mol. The summed E-state index contributed by atoms with van der Waals surface area (Å²) in [5.74, 6) is 0.753. The summed E-state index contributed by atoms with van der Waals surface area (Å²) in [6.45, 7) is 4.23. The number of aliphatic hydroxyl groups excluding tert-OH is 1. The summed E-state index contributed by atoms with van der Waals surface area (Å²) in [4.78, 5) is 23.3. The van der Waals surface area contributed by atoms with Crippen molar-refractivity contribution in [1.29, 1.82) is 0 Å². The molecule has 1 aliphatic rings. The number of unbranched alkanes of at least 4 members (excludes halogenated alkanes) is 5. The first kappa shape index (κ1) is 27.0. The zero-order chi connectivity index (χ0) is 18.7. The average Bonchev–Trinajstić information content (AvgIpc) is 2.88. The van der Waals surface area contributed by atoms with Gasteiger partial charge in [0, 0.05) is 19.4 Å². The molecule has 150 valence electrons. The number of nitrogens with zero attached hydrogens (tertiary/aromatic N) is 1. The standard InChI is InChI=1S/C18H36NO4PS.Na.H/c1-3-4-7-10-16(20)12-13-19-17(21)15-25-18(19)11-8-5-6-9-14-24(2,22)23;;/h16,18,20H,3-15H2,1-2H3,(H,22,23);;. The first-order valence-corrected chi connectivity index (χ1v) is 13.1. The fraction of sp³-hybridized carbons (Fsp3) is 0.944. The van der Waals surface area contributed by atoms with Crippen molar-refractivity contribution in [2.24, 2.45) is 0 Å². The van der Waals surface area contributed by atoms with Crippen molar-refractivity contribution in [3.63, 3.8) is 0 Å². The van der Waals surface area contributed by atoms with Gasteiger partial charge < -0.3 is 14.9 Å². The van der Waals surface area contributed by atoms with Crippen LogP contribution in [0.2, 0.25) is 0 Å². The molecule has 1 rings (SSSR count). The zero-order valence-corrected chi connectivity index (χ0v) is 17.6. The Bertz CT molecular complexity index is 435. The third-order valence-corrected chi connectivity index (χ3v) is 7.12. The van der Waals surface area contributed by atoms with Gasteiger partial charge in [0.1, 0.15) is 0 Å². The molecular weight excluding hydrogens is 380 g/mol. The second-order valence-corrected chi connectivity index (χ2v) is 11.0. The molecule has 26 heavy (non-hydrogen) atoms. The van der Waals surface area contributed by atoms with E-state index in [1.807, 2.05) is 4.90 Å². The predicted molar refractivity (Wildman–Crippen MR) is 114 cm³/mol. The SMILES string of the molecule is CCCCCC(O)CCN1C(=O)CSC1CCCCCCP(C)(=O)O.[NaH]. The Hall–Kier alpha value is 0.970. The molecule has 1 aliphatic heterocycles. The van der Waals surface area contributed by atoms with E-state index in [2.05, 4.69) is 6.92 Å². The van der Waals surface area contributed by atoms with Crippen LogP contribution in [0.15, 0.2) is 0 Å². The minimum atomic E-state index is -2.86. The summed E-state index contributed by atoms with van der Waals surface area (Å²) >= 11 is 1.71. The summed E-state index contributed by atoms with van der Waals surface area (Å²) in [7, 11) is -2.86. The molecule has 0 aliphatic carbocycles. The summed E-state index contributed by atoms with van der Waals surface area (Å²) < 4.78 is 11.2. The van der Waals surface area contributed by atoms with Gasteiger partial charge >= 0.3 is 29.6 Å². The Balaban J connectivity index is 0.00000625. The maximum atomic E-state index is 12.1. The summed E-state index contributed by atoms with van der Waals surface area (Å²) in [6, 6.07) is 0. The molecule has 1 amide bonds. The van der Waals surface area contributed by atoms with Gasteiger partial charge in [-0.1, -0.05) is 45.4 Å². The van der Waals surface area contributed by atoms with Gasteiger partial charge in [-0.05, 0) is 25.7 Å². The van der Waals surface area contributed by atoms with Crippen LogP contribution in [-0.4, -0.2) is 87.0 Å². The quantitative estimate of drug-likeness (QED) is 0.257. The second-order valence-electron chi connectivity index (χ2n) is 7.27. The Kier molecular flexibility index (Phi) is 15.5. The van der Waals surface area contributed by atoms with Crippen LogP contribution in [0.3, 0.4) is 0 Å². The Morgan fingerprint density at radius 2 is 1.88 bits per heavy atom. The molecule has 3 unspecified atom stereocenters. The molecule has 8 heteroatoms. The van der Waals surface area contributed by atoms with Crippen LogP contribution >= 0.6 is 19.1 Å². The minimum absolute atomic E-state index is 0. The van der Waals surface area contributed by atoms with Gasteiger partial charge in [-0.3, -0.25) is 9.36 Å². The molecule has 0 aromatic rings. The fourth-order valence-corrected chi connectivity index (χ4v) is 5.20. The third-order valence-electron chi connectivity index (χ3n) is 4.69. The average molecular weight is 418 g/mol. The molecule has 0 aromatic carbocycles. The van der Waals surface area contributed by atoms with Crippen LogP contribution in [0, 0.1) is 0 Å². The van der Waals surface area contributed by atoms with E-state index in [-0.39, 0.29) is 46.9 Å². The number of hydrogen-bond donors (Lipinski definition) is 2. The Morgan fingerprint density at radius 3 is 2.54 bits per heavy atom. The molecule has 5 nitrogen and oxygen atoms in total. The Labute approximate surface area is 185 Å². The molecule has 0 spiro atoms. The van der Waals surface area contributed by atoms with E-state index in [0.717, 1.165) is 57.8 Å². The van der Waals surface area contributed by atoms with Crippen LogP contribution < -0.4 is 0 Å². The van der Waals surface area contributed by atoms with E-state index in [9.17, 15) is 19.4 Å². The number of aliphatic hydroxyl groups is 1. The van der Waals surface area contributed by atoms with Crippen molar-refractivity contribution in [1.82, 2.24) is 4.90 Å². The molecule has 0 saturated carbocycles. The third kappa shape index (κ3) is 12.4. The topological polar surface area (TPSA) is 77.8 Å². The van der Waals surface area contributed by atoms with Crippen molar-refractivity contribution in [3.05, 3.63) is 0 Å². The number of rotatable bonds is 14. The normalized spacial score (nSPS) is 20.7. The van der Waals surface area contributed by atoms with Gasteiger partial charge in [0.05, 0.1) is 17.2 Å². The summed E-state index contributed by atoms with van der Waals surface area (Å²) in [5.41, 5.74) is 0. The van der Waals surface area contributed by atoms with E-state index >= 15 is 0 Å².